The Morgan fingerprint density at radius 1 is 1.09 bits per heavy atom. The molecule has 0 bridgehead atoms. The molecule has 0 radical (unpaired) electrons. The minimum Gasteiger partial charge on any atom is -0.383 e. The summed E-state index contributed by atoms with van der Waals surface area (Å²) < 4.78 is 24.8. The van der Waals surface area contributed by atoms with Gasteiger partial charge in [-0.3, -0.25) is 0 Å². The van der Waals surface area contributed by atoms with Gasteiger partial charge in [0.2, 0.25) is 0 Å². The second-order valence-electron chi connectivity index (χ2n) is 3.74. The van der Waals surface area contributed by atoms with Gasteiger partial charge in [-0.15, -0.1) is 0 Å². The van der Waals surface area contributed by atoms with Gasteiger partial charge >= 0.3 is 0 Å². The maximum atomic E-state index is 12.4. The van der Waals surface area contributed by atoms with Gasteiger partial charge in [-0.1, -0.05) is 0 Å². The molecule has 11 heavy (non-hydrogen) atoms. The molecule has 0 aromatic heterocycles. The first-order valence-electron chi connectivity index (χ1n) is 4.16. The van der Waals surface area contributed by atoms with Crippen molar-refractivity contribution in [2.24, 2.45) is 11.8 Å². The second kappa shape index (κ2) is 2.16. The predicted octanol–water partition coefficient (Wildman–Crippen LogP) is 1.80. The number of alkyl halides is 2. The van der Waals surface area contributed by atoms with Gasteiger partial charge < -0.3 is 5.11 Å². The molecule has 1 nitrogen and oxygen atoms in total. The molecule has 0 saturated heterocycles. The van der Waals surface area contributed by atoms with E-state index in [1.165, 1.54) is 0 Å². The maximum absolute atomic E-state index is 12.4. The Morgan fingerprint density at radius 3 is 1.64 bits per heavy atom. The summed E-state index contributed by atoms with van der Waals surface area (Å²) in [5.41, 5.74) is -1.61. The summed E-state index contributed by atoms with van der Waals surface area (Å²) in [6, 6.07) is 0. The molecule has 2 saturated carbocycles. The highest BCUT2D eigenvalue weighted by Gasteiger charge is 2.58. The molecular formula is C8H12F2O. The SMILES string of the molecule is OC(C(F)F)(C1CC1)C1CC1. The third-order valence-corrected chi connectivity index (χ3v) is 2.81. The highest BCUT2D eigenvalue weighted by atomic mass is 19.3. The molecule has 0 amide bonds. The topological polar surface area (TPSA) is 20.2 Å². The summed E-state index contributed by atoms with van der Waals surface area (Å²) in [7, 11) is 0. The third-order valence-electron chi connectivity index (χ3n) is 2.81. The lowest BCUT2D eigenvalue weighted by molar-refractivity contribution is -0.125. The quantitative estimate of drug-likeness (QED) is 0.671. The molecular weight excluding hydrogens is 150 g/mol. The average molecular weight is 162 g/mol. The van der Waals surface area contributed by atoms with Gasteiger partial charge in [0, 0.05) is 0 Å². The summed E-state index contributed by atoms with van der Waals surface area (Å²) in [6.07, 6.45) is 0.617. The van der Waals surface area contributed by atoms with Crippen LogP contribution in [0.5, 0.6) is 0 Å². The zero-order valence-electron chi connectivity index (χ0n) is 6.26. The predicted molar refractivity (Wildman–Crippen MR) is 36.4 cm³/mol. The van der Waals surface area contributed by atoms with E-state index in [-0.39, 0.29) is 11.8 Å². The van der Waals surface area contributed by atoms with Crippen LogP contribution >= 0.6 is 0 Å². The van der Waals surface area contributed by atoms with Crippen LogP contribution in [0.3, 0.4) is 0 Å². The molecule has 0 unspecified atom stereocenters. The van der Waals surface area contributed by atoms with Crippen LogP contribution in [0.25, 0.3) is 0 Å². The van der Waals surface area contributed by atoms with Crippen molar-refractivity contribution in [3.05, 3.63) is 0 Å². The first kappa shape index (κ1) is 7.47. The molecule has 64 valence electrons. The second-order valence-corrected chi connectivity index (χ2v) is 3.74. The minimum absolute atomic E-state index is 0.102. The lowest BCUT2D eigenvalue weighted by Crippen LogP contribution is -2.42. The molecule has 0 aliphatic heterocycles. The summed E-state index contributed by atoms with van der Waals surface area (Å²) in [6.45, 7) is 0. The molecule has 1 N–H and O–H groups in total. The molecule has 2 aliphatic rings. The van der Waals surface area contributed by atoms with Crippen molar-refractivity contribution < 1.29 is 13.9 Å². The smallest absolute Gasteiger partial charge is 0.267 e. The maximum Gasteiger partial charge on any atom is 0.267 e. The van der Waals surface area contributed by atoms with Crippen molar-refractivity contribution in [3.8, 4) is 0 Å². The van der Waals surface area contributed by atoms with Crippen LogP contribution in [0.2, 0.25) is 0 Å². The van der Waals surface area contributed by atoms with Crippen LogP contribution < -0.4 is 0 Å². The monoisotopic (exact) mass is 162 g/mol. The third kappa shape index (κ3) is 1.06. The van der Waals surface area contributed by atoms with Crippen LogP contribution in [-0.4, -0.2) is 17.1 Å². The fraction of sp³-hybridized carbons (Fsp3) is 1.00. The van der Waals surface area contributed by atoms with E-state index < -0.39 is 12.0 Å². The van der Waals surface area contributed by atoms with E-state index in [9.17, 15) is 13.9 Å². The molecule has 2 aliphatic carbocycles. The van der Waals surface area contributed by atoms with Gasteiger partial charge in [0.15, 0.2) is 0 Å². The highest BCUT2D eigenvalue weighted by molar-refractivity contribution is 5.05. The van der Waals surface area contributed by atoms with Gasteiger partial charge in [0.05, 0.1) is 0 Å². The van der Waals surface area contributed by atoms with E-state index >= 15 is 0 Å². The highest BCUT2D eigenvalue weighted by Crippen LogP contribution is 2.54. The summed E-state index contributed by atoms with van der Waals surface area (Å²) >= 11 is 0. The van der Waals surface area contributed by atoms with Crippen LogP contribution in [0.4, 0.5) is 8.78 Å². The number of aliphatic hydroxyl groups is 1. The standard InChI is InChI=1S/C8H12F2O/c9-7(10)8(11,5-1-2-5)6-3-4-6/h5-7,11H,1-4H2. The number of hydrogen-bond acceptors (Lipinski definition) is 1. The summed E-state index contributed by atoms with van der Waals surface area (Å²) in [5.74, 6) is -0.204. The fourth-order valence-corrected chi connectivity index (χ4v) is 1.78. The lowest BCUT2D eigenvalue weighted by Gasteiger charge is -2.26. The zero-order valence-corrected chi connectivity index (χ0v) is 6.26. The van der Waals surface area contributed by atoms with Crippen molar-refractivity contribution in [1.82, 2.24) is 0 Å². The van der Waals surface area contributed by atoms with Crippen molar-refractivity contribution in [2.75, 3.05) is 0 Å². The van der Waals surface area contributed by atoms with Crippen LogP contribution in [0, 0.1) is 11.8 Å². The number of rotatable bonds is 3. The first-order chi connectivity index (χ1) is 5.15. The average Bonchev–Trinajstić information content (AvgIpc) is 2.79. The Labute approximate surface area is 64.4 Å². The number of halogens is 2. The van der Waals surface area contributed by atoms with E-state index in [4.69, 9.17) is 0 Å². The fourth-order valence-electron chi connectivity index (χ4n) is 1.78. The van der Waals surface area contributed by atoms with Crippen molar-refractivity contribution in [3.63, 3.8) is 0 Å². The molecule has 2 rings (SSSR count). The molecule has 2 fully saturated rings. The molecule has 0 spiro atoms. The van der Waals surface area contributed by atoms with Crippen molar-refractivity contribution in [2.45, 2.75) is 37.7 Å². The van der Waals surface area contributed by atoms with E-state index in [2.05, 4.69) is 0 Å². The van der Waals surface area contributed by atoms with E-state index in [1.54, 1.807) is 0 Å². The molecule has 0 atom stereocenters. The molecule has 3 heteroatoms. The zero-order chi connectivity index (χ0) is 8.06. The van der Waals surface area contributed by atoms with Gasteiger partial charge in [0.25, 0.3) is 6.43 Å². The van der Waals surface area contributed by atoms with Gasteiger partial charge in [-0.05, 0) is 37.5 Å². The Balaban J connectivity index is 2.10. The minimum atomic E-state index is -2.54. The van der Waals surface area contributed by atoms with Gasteiger partial charge in [-0.2, -0.15) is 0 Å². The van der Waals surface area contributed by atoms with E-state index in [0.29, 0.717) is 0 Å². The largest absolute Gasteiger partial charge is 0.383 e. The Morgan fingerprint density at radius 2 is 1.45 bits per heavy atom. The van der Waals surface area contributed by atoms with Gasteiger partial charge in [0.1, 0.15) is 5.60 Å². The normalized spacial score (nSPS) is 26.2. The lowest BCUT2D eigenvalue weighted by atomic mass is 9.92. The van der Waals surface area contributed by atoms with Crippen LogP contribution in [0.15, 0.2) is 0 Å². The Hall–Kier alpha value is -0.180. The van der Waals surface area contributed by atoms with Crippen LogP contribution in [-0.2, 0) is 0 Å². The van der Waals surface area contributed by atoms with Crippen LogP contribution in [0.1, 0.15) is 25.7 Å². The molecule has 0 aromatic carbocycles. The van der Waals surface area contributed by atoms with E-state index in [0.717, 1.165) is 25.7 Å². The Kier molecular flexibility index (Phi) is 1.46. The summed E-state index contributed by atoms with van der Waals surface area (Å²) in [4.78, 5) is 0. The number of hydrogen-bond donors (Lipinski definition) is 1. The summed E-state index contributed by atoms with van der Waals surface area (Å²) in [5, 5.41) is 9.62. The first-order valence-corrected chi connectivity index (χ1v) is 4.16. The molecule has 0 heterocycles. The van der Waals surface area contributed by atoms with Gasteiger partial charge in [-0.25, -0.2) is 8.78 Å². The van der Waals surface area contributed by atoms with Crippen molar-refractivity contribution in [1.29, 1.82) is 0 Å². The van der Waals surface area contributed by atoms with Crippen molar-refractivity contribution >= 4 is 0 Å². The van der Waals surface area contributed by atoms with E-state index in [1.807, 2.05) is 0 Å². The molecule has 0 aromatic rings. The Bertz CT molecular complexity index is 144.